The van der Waals surface area contributed by atoms with Crippen LogP contribution in [-0.2, 0) is 6.18 Å². The zero-order valence-electron chi connectivity index (χ0n) is 23.7. The third-order valence-corrected chi connectivity index (χ3v) is 8.24. The third-order valence-electron chi connectivity index (χ3n) is 7.36. The summed E-state index contributed by atoms with van der Waals surface area (Å²) >= 11 is 1.81. The van der Waals surface area contributed by atoms with Crippen molar-refractivity contribution in [3.63, 3.8) is 0 Å². The summed E-state index contributed by atoms with van der Waals surface area (Å²) < 4.78 is 48.8. The quantitative estimate of drug-likeness (QED) is 0.148. The molecule has 0 radical (unpaired) electrons. The van der Waals surface area contributed by atoms with E-state index < -0.39 is 17.3 Å². The number of nitriles is 1. The minimum Gasteiger partial charge on any atom is -0.494 e. The predicted molar refractivity (Wildman–Crippen MR) is 165 cm³/mol. The van der Waals surface area contributed by atoms with Gasteiger partial charge in [-0.05, 0) is 73.9 Å². The smallest absolute Gasteiger partial charge is 0.417 e. The number of piperazine rings is 1. The fraction of sp³-hybridized carbons (Fsp3) is 0.433. The summed E-state index contributed by atoms with van der Waals surface area (Å²) in [6.07, 6.45) is 0.438. The van der Waals surface area contributed by atoms with Crippen LogP contribution in [0, 0.1) is 11.3 Å². The Labute approximate surface area is 249 Å². The number of nitrogens with zero attached hydrogens (tertiary/aromatic N) is 6. The van der Waals surface area contributed by atoms with Crippen molar-refractivity contribution in [1.82, 2.24) is 9.21 Å². The zero-order valence-corrected chi connectivity index (χ0v) is 24.6. The molecule has 2 aliphatic heterocycles. The molecule has 224 valence electrons. The van der Waals surface area contributed by atoms with Crippen molar-refractivity contribution in [2.24, 2.45) is 9.98 Å². The Morgan fingerprint density at radius 3 is 2.55 bits per heavy atom. The van der Waals surface area contributed by atoms with Gasteiger partial charge in [0.05, 0.1) is 36.0 Å². The number of benzene rings is 2. The number of nitrogens with one attached hydrogen (secondary N) is 1. The molecule has 0 saturated carbocycles. The van der Waals surface area contributed by atoms with Gasteiger partial charge in [-0.15, -0.1) is 0 Å². The van der Waals surface area contributed by atoms with Gasteiger partial charge in [-0.1, -0.05) is 11.9 Å². The monoisotopic (exact) mass is 599 g/mol. The van der Waals surface area contributed by atoms with E-state index in [1.54, 1.807) is 12.1 Å². The summed E-state index contributed by atoms with van der Waals surface area (Å²) in [4.78, 5) is 12.4. The standard InChI is InChI=1S/C30H36F3N7OS/c1-35-22-37-29-21-39(26-7-4-23(19-34)28(18-26)30(31,32)33)12-10-24(29)20-36-25-5-8-27(9-6-25)41-17-3-11-38-13-15-40(42-2)16-14-38/h4-9,18,22,36H,1,3,10-17,20-21H2,2H3. The molecular formula is C30H36F3N7OS. The average molecular weight is 600 g/mol. The summed E-state index contributed by atoms with van der Waals surface area (Å²) in [7, 11) is 0. The third kappa shape index (κ3) is 8.74. The van der Waals surface area contributed by atoms with Crippen LogP contribution in [0.2, 0.25) is 0 Å². The fourth-order valence-electron chi connectivity index (χ4n) is 4.99. The van der Waals surface area contributed by atoms with Crippen molar-refractivity contribution in [1.29, 1.82) is 5.26 Å². The van der Waals surface area contributed by atoms with E-state index in [4.69, 9.17) is 10.00 Å². The van der Waals surface area contributed by atoms with Crippen LogP contribution in [0.3, 0.4) is 0 Å². The van der Waals surface area contributed by atoms with E-state index in [1.807, 2.05) is 41.1 Å². The SMILES string of the molecule is C=NC=NC1=C(CNc2ccc(OCCCN3CCN(SC)CC3)cc2)CCN(c2ccc(C#N)c(C(F)(F)F)c2)C1. The molecule has 4 rings (SSSR count). The van der Waals surface area contributed by atoms with Crippen LogP contribution in [0.15, 0.2) is 63.7 Å². The van der Waals surface area contributed by atoms with Crippen molar-refractivity contribution >= 4 is 36.4 Å². The first-order valence-electron chi connectivity index (χ1n) is 13.8. The first kappa shape index (κ1) is 31.4. The van der Waals surface area contributed by atoms with Crippen LogP contribution in [0.25, 0.3) is 0 Å². The van der Waals surface area contributed by atoms with E-state index in [9.17, 15) is 13.2 Å². The maximum atomic E-state index is 13.5. The Bertz CT molecular complexity index is 1300. The van der Waals surface area contributed by atoms with E-state index in [0.29, 0.717) is 44.0 Å². The van der Waals surface area contributed by atoms with Crippen molar-refractivity contribution < 1.29 is 17.9 Å². The molecule has 0 aromatic heterocycles. The van der Waals surface area contributed by atoms with Gasteiger partial charge >= 0.3 is 6.18 Å². The van der Waals surface area contributed by atoms with Gasteiger partial charge in [-0.25, -0.2) is 9.30 Å². The van der Waals surface area contributed by atoms with E-state index in [2.05, 4.69) is 37.5 Å². The van der Waals surface area contributed by atoms with Crippen molar-refractivity contribution in [2.45, 2.75) is 19.0 Å². The number of anilines is 2. The maximum absolute atomic E-state index is 13.5. The average Bonchev–Trinajstić information content (AvgIpc) is 3.01. The van der Waals surface area contributed by atoms with E-state index in [-0.39, 0.29) is 0 Å². The number of hydrogen-bond acceptors (Lipinski definition) is 8. The lowest BCUT2D eigenvalue weighted by atomic mass is 10.0. The minimum atomic E-state index is -4.61. The van der Waals surface area contributed by atoms with Crippen LogP contribution < -0.4 is 15.0 Å². The first-order valence-corrected chi connectivity index (χ1v) is 15.0. The van der Waals surface area contributed by atoms with E-state index >= 15 is 0 Å². The number of rotatable bonds is 12. The molecule has 0 unspecified atom stereocenters. The second kappa shape index (κ2) is 15.1. The minimum absolute atomic E-state index is 0.312. The zero-order chi connectivity index (χ0) is 30.0. The highest BCUT2D eigenvalue weighted by atomic mass is 32.2. The normalized spacial score (nSPS) is 17.0. The Balaban J connectivity index is 1.31. The molecule has 8 nitrogen and oxygen atoms in total. The molecular weight excluding hydrogens is 563 g/mol. The molecule has 1 fully saturated rings. The predicted octanol–water partition coefficient (Wildman–Crippen LogP) is 5.55. The molecule has 0 aliphatic carbocycles. The van der Waals surface area contributed by atoms with Crippen molar-refractivity contribution in [3.05, 3.63) is 64.9 Å². The number of hydrogen-bond donors (Lipinski definition) is 1. The Hall–Kier alpha value is -3.53. The van der Waals surface area contributed by atoms with E-state index in [1.165, 1.54) is 12.4 Å². The van der Waals surface area contributed by atoms with Crippen LogP contribution in [-0.4, -0.2) is 87.5 Å². The molecule has 0 bridgehead atoms. The lowest BCUT2D eigenvalue weighted by Gasteiger charge is -2.33. The highest BCUT2D eigenvalue weighted by Gasteiger charge is 2.34. The maximum Gasteiger partial charge on any atom is 0.417 e. The summed E-state index contributed by atoms with van der Waals surface area (Å²) in [5.74, 6) is 0.822. The van der Waals surface area contributed by atoms with Gasteiger partial charge in [-0.3, -0.25) is 4.99 Å². The van der Waals surface area contributed by atoms with Gasteiger partial charge in [-0.2, -0.15) is 18.4 Å². The number of aliphatic imine (C=N–C) groups is 2. The van der Waals surface area contributed by atoms with Gasteiger partial charge in [0.1, 0.15) is 12.1 Å². The first-order chi connectivity index (χ1) is 20.3. The molecule has 0 atom stereocenters. The Kier molecular flexibility index (Phi) is 11.3. The van der Waals surface area contributed by atoms with Crippen LogP contribution in [0.5, 0.6) is 5.75 Å². The molecule has 12 heteroatoms. The summed E-state index contributed by atoms with van der Waals surface area (Å²) in [6, 6.07) is 13.2. The molecule has 1 N–H and O–H groups in total. The van der Waals surface area contributed by atoms with Crippen molar-refractivity contribution in [3.8, 4) is 11.8 Å². The molecule has 2 heterocycles. The molecule has 42 heavy (non-hydrogen) atoms. The summed E-state index contributed by atoms with van der Waals surface area (Å²) in [5.41, 5.74) is 1.74. The molecule has 2 aromatic carbocycles. The highest BCUT2D eigenvalue weighted by Crippen LogP contribution is 2.35. The van der Waals surface area contributed by atoms with Crippen molar-refractivity contribution in [2.75, 3.05) is 75.4 Å². The van der Waals surface area contributed by atoms with Gasteiger partial charge in [0, 0.05) is 57.2 Å². The second-order valence-electron chi connectivity index (χ2n) is 10.0. The summed E-state index contributed by atoms with van der Waals surface area (Å²) in [5, 5.41) is 12.5. The van der Waals surface area contributed by atoms with Gasteiger partial charge in [0.25, 0.3) is 0 Å². The fourth-order valence-corrected chi connectivity index (χ4v) is 5.52. The van der Waals surface area contributed by atoms with Crippen LogP contribution in [0.4, 0.5) is 24.5 Å². The molecule has 2 aliphatic rings. The van der Waals surface area contributed by atoms with Crippen LogP contribution >= 0.6 is 11.9 Å². The van der Waals surface area contributed by atoms with Gasteiger partial charge in [0.2, 0.25) is 0 Å². The molecule has 2 aromatic rings. The topological polar surface area (TPSA) is 79.5 Å². The number of alkyl halides is 3. The molecule has 0 amide bonds. The lowest BCUT2D eigenvalue weighted by Crippen LogP contribution is -2.43. The van der Waals surface area contributed by atoms with Gasteiger partial charge < -0.3 is 19.9 Å². The molecule has 1 saturated heterocycles. The highest BCUT2D eigenvalue weighted by molar-refractivity contribution is 7.96. The Morgan fingerprint density at radius 2 is 1.88 bits per heavy atom. The summed E-state index contributed by atoms with van der Waals surface area (Å²) in [6.45, 7) is 10.9. The lowest BCUT2D eigenvalue weighted by molar-refractivity contribution is -0.137. The molecule has 0 spiro atoms. The number of ether oxygens (including phenoxy) is 1. The largest absolute Gasteiger partial charge is 0.494 e. The number of halogens is 3. The van der Waals surface area contributed by atoms with E-state index in [0.717, 1.165) is 62.2 Å². The van der Waals surface area contributed by atoms with Gasteiger partial charge in [0.15, 0.2) is 0 Å². The second-order valence-corrected chi connectivity index (χ2v) is 10.9. The van der Waals surface area contributed by atoms with Crippen LogP contribution in [0.1, 0.15) is 24.0 Å². The Morgan fingerprint density at radius 1 is 1.12 bits per heavy atom.